The van der Waals surface area contributed by atoms with E-state index in [4.69, 9.17) is 0 Å². The maximum absolute atomic E-state index is 13.4. The highest BCUT2D eigenvalue weighted by atomic mass is 19.1. The van der Waals surface area contributed by atoms with Crippen LogP contribution in [0.4, 0.5) is 15.9 Å². The normalized spacial score (nSPS) is 10.7. The first-order valence-electron chi connectivity index (χ1n) is 7.50. The van der Waals surface area contributed by atoms with E-state index in [1.54, 1.807) is 18.3 Å². The van der Waals surface area contributed by atoms with Gasteiger partial charge in [-0.25, -0.2) is 14.4 Å². The summed E-state index contributed by atoms with van der Waals surface area (Å²) in [5.41, 5.74) is 2.11. The molecule has 0 atom stereocenters. The molecule has 0 bridgehead atoms. The van der Waals surface area contributed by atoms with Crippen LogP contribution in [-0.4, -0.2) is 15.0 Å². The van der Waals surface area contributed by atoms with Crippen LogP contribution in [0.2, 0.25) is 0 Å². The second kappa shape index (κ2) is 6.04. The largest absolute Gasteiger partial charge is 0.340 e. The van der Waals surface area contributed by atoms with Crippen molar-refractivity contribution < 1.29 is 4.39 Å². The first-order chi connectivity index (χ1) is 11.8. The van der Waals surface area contributed by atoms with Crippen molar-refractivity contribution in [3.8, 4) is 11.5 Å². The molecule has 116 valence electrons. The standard InChI is InChI=1S/C19H13FN4/c20-13-6-5-7-14(12-13)22-18-15-8-1-2-9-16(15)23-19(24-18)17-10-3-4-11-21-17/h1-12H,(H,22,23,24). The third kappa shape index (κ3) is 2.79. The van der Waals surface area contributed by atoms with Crippen molar-refractivity contribution in [2.45, 2.75) is 0 Å². The van der Waals surface area contributed by atoms with Crippen molar-refractivity contribution in [3.05, 3.63) is 78.7 Å². The summed E-state index contributed by atoms with van der Waals surface area (Å²) in [5.74, 6) is 0.836. The predicted octanol–water partition coefficient (Wildman–Crippen LogP) is 4.57. The van der Waals surface area contributed by atoms with Gasteiger partial charge in [0.1, 0.15) is 17.3 Å². The summed E-state index contributed by atoms with van der Waals surface area (Å²) < 4.78 is 13.4. The molecule has 2 aromatic heterocycles. The molecule has 0 radical (unpaired) electrons. The number of benzene rings is 2. The van der Waals surface area contributed by atoms with Gasteiger partial charge in [-0.15, -0.1) is 0 Å². The average Bonchev–Trinajstić information content (AvgIpc) is 2.62. The van der Waals surface area contributed by atoms with Gasteiger partial charge in [-0.05, 0) is 42.5 Å². The zero-order valence-electron chi connectivity index (χ0n) is 12.6. The number of aromatic nitrogens is 3. The highest BCUT2D eigenvalue weighted by Gasteiger charge is 2.10. The number of rotatable bonds is 3. The Labute approximate surface area is 138 Å². The van der Waals surface area contributed by atoms with Crippen LogP contribution in [0, 0.1) is 5.82 Å². The summed E-state index contributed by atoms with van der Waals surface area (Å²) >= 11 is 0. The molecular weight excluding hydrogens is 303 g/mol. The third-order valence-electron chi connectivity index (χ3n) is 3.58. The molecular formula is C19H13FN4. The third-order valence-corrected chi connectivity index (χ3v) is 3.58. The fourth-order valence-electron chi connectivity index (χ4n) is 2.48. The van der Waals surface area contributed by atoms with Crippen LogP contribution in [-0.2, 0) is 0 Å². The van der Waals surface area contributed by atoms with Crippen LogP contribution in [0.5, 0.6) is 0 Å². The second-order valence-electron chi connectivity index (χ2n) is 5.26. The Morgan fingerprint density at radius 1 is 0.833 bits per heavy atom. The maximum atomic E-state index is 13.4. The lowest BCUT2D eigenvalue weighted by molar-refractivity contribution is 0.628. The van der Waals surface area contributed by atoms with E-state index < -0.39 is 0 Å². The minimum Gasteiger partial charge on any atom is -0.340 e. The van der Waals surface area contributed by atoms with Crippen LogP contribution in [0.15, 0.2) is 72.9 Å². The monoisotopic (exact) mass is 316 g/mol. The van der Waals surface area contributed by atoms with Gasteiger partial charge in [0.2, 0.25) is 0 Å². The zero-order chi connectivity index (χ0) is 16.4. The van der Waals surface area contributed by atoms with E-state index >= 15 is 0 Å². The van der Waals surface area contributed by atoms with E-state index in [2.05, 4.69) is 20.3 Å². The number of anilines is 2. The summed E-state index contributed by atoms with van der Waals surface area (Å²) in [6, 6.07) is 19.6. The summed E-state index contributed by atoms with van der Waals surface area (Å²) in [6.45, 7) is 0. The SMILES string of the molecule is Fc1cccc(Nc2nc(-c3ccccn3)nc3ccccc23)c1. The Bertz CT molecular complexity index is 1000. The Balaban J connectivity index is 1.86. The van der Waals surface area contributed by atoms with Crippen molar-refractivity contribution in [2.75, 3.05) is 5.32 Å². The molecule has 0 saturated heterocycles. The molecule has 0 unspecified atom stereocenters. The molecule has 0 amide bonds. The van der Waals surface area contributed by atoms with Gasteiger partial charge in [0.25, 0.3) is 0 Å². The molecule has 0 spiro atoms. The van der Waals surface area contributed by atoms with Crippen LogP contribution >= 0.6 is 0 Å². The molecule has 24 heavy (non-hydrogen) atoms. The fourth-order valence-corrected chi connectivity index (χ4v) is 2.48. The first-order valence-corrected chi connectivity index (χ1v) is 7.50. The Kier molecular flexibility index (Phi) is 3.59. The molecule has 4 rings (SSSR count). The molecule has 0 aliphatic heterocycles. The molecule has 0 aliphatic carbocycles. The van der Waals surface area contributed by atoms with Crippen molar-refractivity contribution in [3.63, 3.8) is 0 Å². The van der Waals surface area contributed by atoms with Crippen LogP contribution in [0.25, 0.3) is 22.4 Å². The number of fused-ring (bicyclic) bond motifs is 1. The Hall–Kier alpha value is -3.34. The van der Waals surface area contributed by atoms with Crippen molar-refractivity contribution in [2.24, 2.45) is 0 Å². The lowest BCUT2D eigenvalue weighted by Gasteiger charge is -2.10. The van der Waals surface area contributed by atoms with Gasteiger partial charge in [0, 0.05) is 17.3 Å². The highest BCUT2D eigenvalue weighted by molar-refractivity contribution is 5.92. The fraction of sp³-hybridized carbons (Fsp3) is 0. The van der Waals surface area contributed by atoms with E-state index in [9.17, 15) is 4.39 Å². The van der Waals surface area contributed by atoms with Gasteiger partial charge in [-0.3, -0.25) is 4.98 Å². The van der Waals surface area contributed by atoms with E-state index in [0.29, 0.717) is 23.0 Å². The minimum atomic E-state index is -0.302. The molecule has 0 fully saturated rings. The number of hydrogen-bond acceptors (Lipinski definition) is 4. The van der Waals surface area contributed by atoms with Gasteiger partial charge >= 0.3 is 0 Å². The van der Waals surface area contributed by atoms with Crippen LogP contribution in [0.1, 0.15) is 0 Å². The average molecular weight is 316 g/mol. The number of nitrogens with zero attached hydrogens (tertiary/aromatic N) is 3. The summed E-state index contributed by atoms with van der Waals surface area (Å²) in [6.07, 6.45) is 1.70. The summed E-state index contributed by atoms with van der Waals surface area (Å²) in [5, 5.41) is 4.04. The molecule has 4 nitrogen and oxygen atoms in total. The molecule has 1 N–H and O–H groups in total. The van der Waals surface area contributed by atoms with Crippen molar-refractivity contribution >= 4 is 22.4 Å². The number of para-hydroxylation sites is 1. The lowest BCUT2D eigenvalue weighted by atomic mass is 10.2. The zero-order valence-corrected chi connectivity index (χ0v) is 12.6. The predicted molar refractivity (Wildman–Crippen MR) is 92.5 cm³/mol. The number of halogens is 1. The second-order valence-corrected chi connectivity index (χ2v) is 5.26. The summed E-state index contributed by atoms with van der Waals surface area (Å²) in [7, 11) is 0. The van der Waals surface area contributed by atoms with Gasteiger partial charge in [-0.1, -0.05) is 24.3 Å². The van der Waals surface area contributed by atoms with E-state index in [0.717, 1.165) is 10.9 Å². The van der Waals surface area contributed by atoms with E-state index in [1.807, 2.05) is 42.5 Å². The van der Waals surface area contributed by atoms with Gasteiger partial charge in [0.05, 0.1) is 5.52 Å². The van der Waals surface area contributed by atoms with Crippen molar-refractivity contribution in [1.82, 2.24) is 15.0 Å². The topological polar surface area (TPSA) is 50.7 Å². The molecule has 0 aliphatic rings. The Morgan fingerprint density at radius 3 is 2.54 bits per heavy atom. The van der Waals surface area contributed by atoms with Crippen LogP contribution in [0.3, 0.4) is 0 Å². The van der Waals surface area contributed by atoms with Crippen molar-refractivity contribution in [1.29, 1.82) is 0 Å². The molecule has 5 heteroatoms. The highest BCUT2D eigenvalue weighted by Crippen LogP contribution is 2.26. The molecule has 2 aromatic carbocycles. The molecule has 4 aromatic rings. The molecule has 0 saturated carbocycles. The van der Waals surface area contributed by atoms with Gasteiger partial charge in [-0.2, -0.15) is 0 Å². The number of hydrogen-bond donors (Lipinski definition) is 1. The smallest absolute Gasteiger partial charge is 0.180 e. The van der Waals surface area contributed by atoms with Gasteiger partial charge in [0.15, 0.2) is 5.82 Å². The molecule has 2 heterocycles. The number of nitrogens with one attached hydrogen (secondary N) is 1. The quantitative estimate of drug-likeness (QED) is 0.601. The van der Waals surface area contributed by atoms with Gasteiger partial charge < -0.3 is 5.32 Å². The maximum Gasteiger partial charge on any atom is 0.180 e. The van der Waals surface area contributed by atoms with Crippen LogP contribution < -0.4 is 5.32 Å². The van der Waals surface area contributed by atoms with E-state index in [1.165, 1.54) is 12.1 Å². The summed E-state index contributed by atoms with van der Waals surface area (Å²) in [4.78, 5) is 13.5. The lowest BCUT2D eigenvalue weighted by Crippen LogP contribution is -2.00. The van der Waals surface area contributed by atoms with E-state index in [-0.39, 0.29) is 5.82 Å². The Morgan fingerprint density at radius 2 is 1.71 bits per heavy atom. The minimum absolute atomic E-state index is 0.302. The first kappa shape index (κ1) is 14.3. The number of pyridine rings is 1.